The van der Waals surface area contributed by atoms with Crippen LogP contribution in [0.25, 0.3) is 6.08 Å². The third-order valence-electron chi connectivity index (χ3n) is 7.71. The van der Waals surface area contributed by atoms with Gasteiger partial charge in [-0.25, -0.2) is 5.01 Å². The Morgan fingerprint density at radius 2 is 1.66 bits per heavy atom. The minimum absolute atomic E-state index is 0.0144. The molecule has 2 aromatic rings. The summed E-state index contributed by atoms with van der Waals surface area (Å²) in [5.74, 6) is 0.552. The van der Waals surface area contributed by atoms with Gasteiger partial charge in [-0.1, -0.05) is 24.3 Å². The molecular formula is C29H30Cl2N2O5. The topological polar surface area (TPSA) is 77.4 Å². The number of hydrazone groups is 1. The second kappa shape index (κ2) is 10.3. The second-order valence-corrected chi connectivity index (χ2v) is 11.7. The van der Waals surface area contributed by atoms with E-state index in [2.05, 4.69) is 6.08 Å². The molecule has 0 bridgehead atoms. The van der Waals surface area contributed by atoms with E-state index in [1.54, 1.807) is 21.1 Å². The number of carbonyl (C=O) groups is 2. The molecule has 7 nitrogen and oxygen atoms in total. The van der Waals surface area contributed by atoms with Crippen molar-refractivity contribution in [3.05, 3.63) is 65.2 Å². The van der Waals surface area contributed by atoms with Crippen LogP contribution < -0.4 is 9.47 Å². The van der Waals surface area contributed by atoms with Gasteiger partial charge >= 0.3 is 5.97 Å². The van der Waals surface area contributed by atoms with Gasteiger partial charge in [-0.15, -0.1) is 23.2 Å². The Labute approximate surface area is 232 Å². The maximum absolute atomic E-state index is 13.5. The Bertz CT molecular complexity index is 1290. The molecule has 2 aromatic carbocycles. The highest BCUT2D eigenvalue weighted by Crippen LogP contribution is 2.64. The summed E-state index contributed by atoms with van der Waals surface area (Å²) in [6, 6.07) is 15.2. The summed E-state index contributed by atoms with van der Waals surface area (Å²) in [5.41, 5.74) is 2.95. The lowest BCUT2D eigenvalue weighted by Gasteiger charge is -2.29. The van der Waals surface area contributed by atoms with Gasteiger partial charge in [0.1, 0.15) is 21.2 Å². The molecule has 200 valence electrons. The standard InChI is InChI=1S/C29H30Cl2N2O5/c1-28(17-29(28,30)31)27(35)38-16-24(34)33-26(19-9-13-22(37-3)14-10-19)23-6-4-5-20(25(23)32-33)15-18-7-11-21(36-2)12-8-18/h7-15,23,26H,4-6,16-17H2,1-3H3/b20-15-. The minimum atomic E-state index is -1.16. The first-order valence-electron chi connectivity index (χ1n) is 12.6. The molecule has 0 aromatic heterocycles. The van der Waals surface area contributed by atoms with Crippen LogP contribution in [-0.4, -0.2) is 47.8 Å². The second-order valence-electron chi connectivity index (χ2n) is 10.2. The Hall–Kier alpha value is -3.03. The van der Waals surface area contributed by atoms with Crippen molar-refractivity contribution >= 4 is 46.9 Å². The van der Waals surface area contributed by atoms with Crippen molar-refractivity contribution in [3.63, 3.8) is 0 Å². The minimum Gasteiger partial charge on any atom is -0.497 e. The number of nitrogens with zero attached hydrogens (tertiary/aromatic N) is 2. The van der Waals surface area contributed by atoms with E-state index in [1.165, 1.54) is 5.01 Å². The van der Waals surface area contributed by atoms with E-state index in [-0.39, 0.29) is 18.4 Å². The average molecular weight is 557 g/mol. The lowest BCUT2D eigenvalue weighted by molar-refractivity contribution is -0.157. The molecule has 3 unspecified atom stereocenters. The maximum Gasteiger partial charge on any atom is 0.315 e. The van der Waals surface area contributed by atoms with Crippen LogP contribution in [0.5, 0.6) is 11.5 Å². The number of ether oxygens (including phenoxy) is 3. The highest BCUT2D eigenvalue weighted by atomic mass is 35.5. The summed E-state index contributed by atoms with van der Waals surface area (Å²) in [6.45, 7) is 1.20. The number of amides is 1. The van der Waals surface area contributed by atoms with Crippen LogP contribution in [0.15, 0.2) is 59.2 Å². The van der Waals surface area contributed by atoms with Gasteiger partial charge in [0.2, 0.25) is 0 Å². The quantitative estimate of drug-likeness (QED) is 0.311. The number of fused-ring (bicyclic) bond motifs is 1. The molecule has 2 fully saturated rings. The first kappa shape index (κ1) is 26.6. The number of methoxy groups -OCH3 is 2. The van der Waals surface area contributed by atoms with Crippen LogP contribution >= 0.6 is 23.2 Å². The van der Waals surface area contributed by atoms with Crippen molar-refractivity contribution in [1.82, 2.24) is 5.01 Å². The third-order valence-corrected chi connectivity index (χ3v) is 8.81. The number of esters is 1. The molecule has 0 radical (unpaired) electrons. The summed E-state index contributed by atoms with van der Waals surface area (Å²) in [4.78, 5) is 26.1. The van der Waals surface area contributed by atoms with Crippen LogP contribution in [0.4, 0.5) is 0 Å². The van der Waals surface area contributed by atoms with E-state index < -0.39 is 28.2 Å². The molecule has 2 aliphatic carbocycles. The van der Waals surface area contributed by atoms with Gasteiger partial charge in [0.25, 0.3) is 5.91 Å². The van der Waals surface area contributed by atoms with Crippen molar-refractivity contribution in [2.75, 3.05) is 20.8 Å². The molecule has 3 aliphatic rings. The Balaban J connectivity index is 1.43. The highest BCUT2D eigenvalue weighted by molar-refractivity contribution is 6.53. The van der Waals surface area contributed by atoms with Gasteiger partial charge in [0.05, 0.1) is 26.0 Å². The van der Waals surface area contributed by atoms with Gasteiger partial charge in [0, 0.05) is 12.3 Å². The zero-order valence-electron chi connectivity index (χ0n) is 21.6. The van der Waals surface area contributed by atoms with E-state index in [0.717, 1.165) is 53.2 Å². The fourth-order valence-corrected chi connectivity index (χ4v) is 5.91. The zero-order valence-corrected chi connectivity index (χ0v) is 23.1. The summed E-state index contributed by atoms with van der Waals surface area (Å²) in [5, 5.41) is 6.32. The van der Waals surface area contributed by atoms with Crippen LogP contribution in [0.2, 0.25) is 0 Å². The molecule has 0 spiro atoms. The van der Waals surface area contributed by atoms with E-state index >= 15 is 0 Å². The van der Waals surface area contributed by atoms with Crippen LogP contribution in [0, 0.1) is 11.3 Å². The highest BCUT2D eigenvalue weighted by Gasteiger charge is 2.69. The molecule has 1 heterocycles. The number of allylic oxidation sites excluding steroid dienone is 1. The smallest absolute Gasteiger partial charge is 0.315 e. The van der Waals surface area contributed by atoms with Crippen molar-refractivity contribution in [3.8, 4) is 11.5 Å². The van der Waals surface area contributed by atoms with Crippen LogP contribution in [-0.2, 0) is 14.3 Å². The van der Waals surface area contributed by atoms with Gasteiger partial charge < -0.3 is 14.2 Å². The third kappa shape index (κ3) is 4.90. The zero-order chi connectivity index (χ0) is 27.1. The predicted molar refractivity (Wildman–Crippen MR) is 146 cm³/mol. The number of rotatable bonds is 7. The van der Waals surface area contributed by atoms with Crippen molar-refractivity contribution in [2.45, 2.75) is 43.0 Å². The Morgan fingerprint density at radius 1 is 1.05 bits per heavy atom. The van der Waals surface area contributed by atoms with E-state index in [0.29, 0.717) is 0 Å². The predicted octanol–water partition coefficient (Wildman–Crippen LogP) is 5.95. The van der Waals surface area contributed by atoms with E-state index in [1.807, 2.05) is 48.5 Å². The molecule has 9 heteroatoms. The number of hydrogen-bond donors (Lipinski definition) is 0. The fraction of sp³-hybridized carbons (Fsp3) is 0.414. The summed E-state index contributed by atoms with van der Waals surface area (Å²) < 4.78 is 14.8. The number of alkyl halides is 2. The van der Waals surface area contributed by atoms with Crippen molar-refractivity contribution in [1.29, 1.82) is 0 Å². The number of carbonyl (C=O) groups excluding carboxylic acids is 2. The summed E-state index contributed by atoms with van der Waals surface area (Å²) >= 11 is 12.2. The monoisotopic (exact) mass is 556 g/mol. The van der Waals surface area contributed by atoms with Gasteiger partial charge in [-0.05, 0) is 73.2 Å². The number of halogens is 2. The van der Waals surface area contributed by atoms with Gasteiger partial charge in [-0.2, -0.15) is 5.10 Å². The molecule has 0 N–H and O–H groups in total. The van der Waals surface area contributed by atoms with Crippen molar-refractivity contribution in [2.24, 2.45) is 16.4 Å². The fourth-order valence-electron chi connectivity index (χ4n) is 5.22. The summed E-state index contributed by atoms with van der Waals surface area (Å²) in [6.07, 6.45) is 5.13. The van der Waals surface area contributed by atoms with Gasteiger partial charge in [-0.3, -0.25) is 9.59 Å². The maximum atomic E-state index is 13.5. The number of benzene rings is 2. The average Bonchev–Trinajstić information content (AvgIpc) is 3.25. The van der Waals surface area contributed by atoms with Crippen LogP contribution in [0.1, 0.15) is 49.8 Å². The Morgan fingerprint density at radius 3 is 2.24 bits per heavy atom. The first-order chi connectivity index (χ1) is 18.2. The molecule has 1 aliphatic heterocycles. The molecule has 1 amide bonds. The van der Waals surface area contributed by atoms with Crippen LogP contribution in [0.3, 0.4) is 0 Å². The summed E-state index contributed by atoms with van der Waals surface area (Å²) in [7, 11) is 3.26. The molecule has 0 saturated heterocycles. The molecule has 2 saturated carbocycles. The largest absolute Gasteiger partial charge is 0.497 e. The number of hydrogen-bond acceptors (Lipinski definition) is 6. The van der Waals surface area contributed by atoms with E-state index in [9.17, 15) is 9.59 Å². The van der Waals surface area contributed by atoms with Gasteiger partial charge in [0.15, 0.2) is 6.61 Å². The first-order valence-corrected chi connectivity index (χ1v) is 13.4. The molecular weight excluding hydrogens is 527 g/mol. The van der Waals surface area contributed by atoms with Crippen molar-refractivity contribution < 1.29 is 23.8 Å². The molecule has 38 heavy (non-hydrogen) atoms. The van der Waals surface area contributed by atoms with E-state index in [4.69, 9.17) is 42.5 Å². The normalized spacial score (nSPS) is 26.4. The molecule has 5 rings (SSSR count). The molecule has 3 atom stereocenters. The lowest BCUT2D eigenvalue weighted by atomic mass is 9.77. The lowest BCUT2D eigenvalue weighted by Crippen LogP contribution is -2.35. The SMILES string of the molecule is COc1ccc(/C=C2/CCCC3C2=NN(C(=O)COC(=O)C2(C)CC2(Cl)Cl)C3c2ccc(OC)cc2)cc1. The Kier molecular flexibility index (Phi) is 7.18.